The van der Waals surface area contributed by atoms with Crippen LogP contribution in [-0.2, 0) is 18.0 Å². The van der Waals surface area contributed by atoms with Gasteiger partial charge in [0.1, 0.15) is 0 Å². The summed E-state index contributed by atoms with van der Waals surface area (Å²) in [7, 11) is 1.79. The zero-order chi connectivity index (χ0) is 24.5. The SMILES string of the molecule is CCOC1CC2(C1)CC2NC(=O)c1ccc2c(c1)c1cn(C)nc1n2-c1ccc(C(F)(F)F)cc1. The van der Waals surface area contributed by atoms with Crippen LogP contribution >= 0.6 is 0 Å². The molecule has 1 spiro atoms. The molecule has 2 saturated carbocycles. The Morgan fingerprint density at radius 2 is 1.89 bits per heavy atom. The maximum absolute atomic E-state index is 13.0. The first-order valence-corrected chi connectivity index (χ1v) is 11.8. The van der Waals surface area contributed by atoms with Crippen molar-refractivity contribution in [1.29, 1.82) is 0 Å². The van der Waals surface area contributed by atoms with Crippen molar-refractivity contribution in [2.24, 2.45) is 12.5 Å². The van der Waals surface area contributed by atoms with Gasteiger partial charge >= 0.3 is 6.18 Å². The molecule has 0 saturated heterocycles. The molecule has 0 radical (unpaired) electrons. The van der Waals surface area contributed by atoms with Gasteiger partial charge in [0.2, 0.25) is 0 Å². The Hall–Kier alpha value is -3.33. The first-order valence-electron chi connectivity index (χ1n) is 11.8. The lowest BCUT2D eigenvalue weighted by atomic mass is 9.78. The van der Waals surface area contributed by atoms with Crippen molar-refractivity contribution in [3.63, 3.8) is 0 Å². The van der Waals surface area contributed by atoms with Gasteiger partial charge in [-0.3, -0.25) is 14.0 Å². The first kappa shape index (κ1) is 22.2. The second-order valence-electron chi connectivity index (χ2n) is 9.73. The highest BCUT2D eigenvalue weighted by Crippen LogP contribution is 2.61. The van der Waals surface area contributed by atoms with E-state index in [1.807, 2.05) is 29.8 Å². The van der Waals surface area contributed by atoms with E-state index in [1.165, 1.54) is 12.1 Å². The van der Waals surface area contributed by atoms with Crippen LogP contribution in [0.15, 0.2) is 48.7 Å². The summed E-state index contributed by atoms with van der Waals surface area (Å²) in [5, 5.41) is 9.37. The minimum Gasteiger partial charge on any atom is -0.378 e. The van der Waals surface area contributed by atoms with E-state index in [9.17, 15) is 18.0 Å². The molecule has 2 aromatic carbocycles. The van der Waals surface area contributed by atoms with E-state index in [1.54, 1.807) is 17.8 Å². The van der Waals surface area contributed by atoms with Gasteiger partial charge in [0.05, 0.1) is 17.2 Å². The highest BCUT2D eigenvalue weighted by Gasteiger charge is 2.62. The van der Waals surface area contributed by atoms with Crippen molar-refractivity contribution in [1.82, 2.24) is 19.7 Å². The molecule has 2 heterocycles. The van der Waals surface area contributed by atoms with E-state index in [0.717, 1.165) is 47.7 Å². The molecule has 1 N–H and O–H groups in total. The lowest BCUT2D eigenvalue weighted by Crippen LogP contribution is -2.40. The Labute approximate surface area is 199 Å². The first-order chi connectivity index (χ1) is 16.7. The van der Waals surface area contributed by atoms with E-state index < -0.39 is 11.7 Å². The molecule has 182 valence electrons. The quantitative estimate of drug-likeness (QED) is 0.424. The predicted octanol–water partition coefficient (Wildman–Crippen LogP) is 5.22. The van der Waals surface area contributed by atoms with Crippen molar-refractivity contribution < 1.29 is 22.7 Å². The smallest absolute Gasteiger partial charge is 0.378 e. The second-order valence-corrected chi connectivity index (χ2v) is 9.73. The Kier molecular flexibility index (Phi) is 4.80. The average Bonchev–Trinajstić information content (AvgIpc) is 3.24. The van der Waals surface area contributed by atoms with Crippen LogP contribution in [0.3, 0.4) is 0 Å². The van der Waals surface area contributed by atoms with E-state index in [2.05, 4.69) is 10.4 Å². The molecule has 2 aromatic heterocycles. The number of rotatable bonds is 5. The Morgan fingerprint density at radius 1 is 1.14 bits per heavy atom. The fourth-order valence-corrected chi connectivity index (χ4v) is 5.54. The number of alkyl halides is 3. The zero-order valence-corrected chi connectivity index (χ0v) is 19.4. The number of nitrogens with one attached hydrogen (secondary N) is 1. The van der Waals surface area contributed by atoms with E-state index in [0.29, 0.717) is 29.6 Å². The van der Waals surface area contributed by atoms with E-state index in [-0.39, 0.29) is 17.4 Å². The van der Waals surface area contributed by atoms with E-state index >= 15 is 0 Å². The second kappa shape index (κ2) is 7.58. The van der Waals surface area contributed by atoms with Crippen molar-refractivity contribution in [2.45, 2.75) is 44.5 Å². The number of carbonyl (C=O) groups is 1. The van der Waals surface area contributed by atoms with Crippen LogP contribution in [0.5, 0.6) is 0 Å². The number of carbonyl (C=O) groups excluding carboxylic acids is 1. The van der Waals surface area contributed by atoms with Crippen LogP contribution < -0.4 is 5.32 Å². The molecular formula is C26H25F3N4O2. The summed E-state index contributed by atoms with van der Waals surface area (Å²) in [5.74, 6) is -0.118. The van der Waals surface area contributed by atoms with Gasteiger partial charge in [-0.05, 0) is 74.1 Å². The van der Waals surface area contributed by atoms with E-state index in [4.69, 9.17) is 4.74 Å². The molecule has 35 heavy (non-hydrogen) atoms. The normalized spacial score (nSPS) is 23.7. The summed E-state index contributed by atoms with van der Waals surface area (Å²) >= 11 is 0. The van der Waals surface area contributed by atoms with Crippen molar-refractivity contribution in [2.75, 3.05) is 6.61 Å². The number of amides is 1. The highest BCUT2D eigenvalue weighted by atomic mass is 19.4. The third kappa shape index (κ3) is 3.60. The molecule has 1 unspecified atom stereocenters. The third-order valence-corrected chi connectivity index (χ3v) is 7.43. The number of ether oxygens (including phenoxy) is 1. The Balaban J connectivity index is 1.31. The number of hydrogen-bond donors (Lipinski definition) is 1. The zero-order valence-electron chi connectivity index (χ0n) is 19.4. The number of aryl methyl sites for hydroxylation is 1. The lowest BCUT2D eigenvalue weighted by Gasteiger charge is -2.36. The molecule has 6 rings (SSSR count). The van der Waals surface area contributed by atoms with Gasteiger partial charge < -0.3 is 10.1 Å². The van der Waals surface area contributed by atoms with Crippen LogP contribution in [0.2, 0.25) is 0 Å². The van der Waals surface area contributed by atoms with Crippen molar-refractivity contribution >= 4 is 27.8 Å². The number of aromatic nitrogens is 3. The van der Waals surface area contributed by atoms with Crippen LogP contribution in [0.4, 0.5) is 13.2 Å². The van der Waals surface area contributed by atoms with Crippen molar-refractivity contribution in [3.05, 3.63) is 59.8 Å². The maximum Gasteiger partial charge on any atom is 0.416 e. The number of benzene rings is 2. The molecule has 1 amide bonds. The summed E-state index contributed by atoms with van der Waals surface area (Å²) in [4.78, 5) is 13.0. The van der Waals surface area contributed by atoms with Crippen LogP contribution in [0, 0.1) is 5.41 Å². The van der Waals surface area contributed by atoms with Gasteiger partial charge in [0, 0.05) is 47.9 Å². The Bertz CT molecular complexity index is 1450. The number of hydrogen-bond acceptors (Lipinski definition) is 3. The summed E-state index contributed by atoms with van der Waals surface area (Å²) < 4.78 is 48.3. The summed E-state index contributed by atoms with van der Waals surface area (Å²) in [6.07, 6.45) is 0.749. The number of fused-ring (bicyclic) bond motifs is 3. The van der Waals surface area contributed by atoms with Gasteiger partial charge in [0.15, 0.2) is 5.65 Å². The topological polar surface area (TPSA) is 61.1 Å². The molecule has 9 heteroatoms. The summed E-state index contributed by atoms with van der Waals surface area (Å²) in [6, 6.07) is 10.6. The minimum absolute atomic E-state index is 0.118. The predicted molar refractivity (Wildman–Crippen MR) is 126 cm³/mol. The third-order valence-electron chi connectivity index (χ3n) is 7.43. The summed E-state index contributed by atoms with van der Waals surface area (Å²) in [6.45, 7) is 2.71. The van der Waals surface area contributed by atoms with Crippen LogP contribution in [0.25, 0.3) is 27.6 Å². The minimum atomic E-state index is -4.40. The number of halogens is 3. The molecular weight excluding hydrogens is 457 g/mol. The lowest BCUT2D eigenvalue weighted by molar-refractivity contribution is -0.137. The summed E-state index contributed by atoms with van der Waals surface area (Å²) in [5.41, 5.74) is 2.02. The molecule has 0 bridgehead atoms. The molecule has 1 atom stereocenters. The fraction of sp³-hybridized carbons (Fsp3) is 0.385. The van der Waals surface area contributed by atoms with Gasteiger partial charge in [-0.2, -0.15) is 18.3 Å². The molecule has 2 aliphatic carbocycles. The molecule has 6 nitrogen and oxygen atoms in total. The molecule has 2 fully saturated rings. The molecule has 2 aliphatic rings. The molecule has 0 aliphatic heterocycles. The number of nitrogens with zero attached hydrogens (tertiary/aromatic N) is 3. The van der Waals surface area contributed by atoms with Gasteiger partial charge in [-0.15, -0.1) is 0 Å². The van der Waals surface area contributed by atoms with Gasteiger partial charge in [-0.25, -0.2) is 0 Å². The van der Waals surface area contributed by atoms with Crippen LogP contribution in [-0.4, -0.2) is 39.0 Å². The largest absolute Gasteiger partial charge is 0.416 e. The highest BCUT2D eigenvalue weighted by molar-refractivity contribution is 6.10. The monoisotopic (exact) mass is 482 g/mol. The van der Waals surface area contributed by atoms with Gasteiger partial charge in [-0.1, -0.05) is 0 Å². The maximum atomic E-state index is 13.0. The average molecular weight is 483 g/mol. The standard InChI is InChI=1S/C26H25F3N4O2/c1-3-35-18-11-25(12-18)13-22(25)30-24(34)15-4-9-21-19(10-15)20-14-32(2)31-23(20)33(21)17-7-5-16(6-8-17)26(27,28)29/h4-10,14,18,22H,3,11-13H2,1-2H3,(H,30,34). The van der Waals surface area contributed by atoms with Crippen LogP contribution in [0.1, 0.15) is 42.1 Å². The fourth-order valence-electron chi connectivity index (χ4n) is 5.54. The molecule has 4 aromatic rings. The van der Waals surface area contributed by atoms with Gasteiger partial charge in [0.25, 0.3) is 5.91 Å². The van der Waals surface area contributed by atoms with Crippen molar-refractivity contribution in [3.8, 4) is 5.69 Å². The Morgan fingerprint density at radius 3 is 2.57 bits per heavy atom.